The number of hydrogen-bond acceptors (Lipinski definition) is 3. The molecule has 0 amide bonds. The van der Waals surface area contributed by atoms with Crippen molar-refractivity contribution in [1.82, 2.24) is 15.1 Å². The van der Waals surface area contributed by atoms with E-state index in [2.05, 4.69) is 40.2 Å². The van der Waals surface area contributed by atoms with Gasteiger partial charge >= 0.3 is 0 Å². The first kappa shape index (κ1) is 16.5. The van der Waals surface area contributed by atoms with Gasteiger partial charge in [-0.05, 0) is 55.0 Å². The van der Waals surface area contributed by atoms with Crippen molar-refractivity contribution in [3.8, 4) is 0 Å². The second-order valence-electron chi connectivity index (χ2n) is 5.03. The zero-order chi connectivity index (χ0) is 15.4. The van der Waals surface area contributed by atoms with Gasteiger partial charge in [0.25, 0.3) is 0 Å². The third-order valence-corrected chi connectivity index (χ3v) is 4.87. The molecule has 0 saturated carbocycles. The van der Waals surface area contributed by atoms with Gasteiger partial charge in [0.2, 0.25) is 0 Å². The molecule has 114 valence electrons. The van der Waals surface area contributed by atoms with Crippen LogP contribution in [0.25, 0.3) is 0 Å². The van der Waals surface area contributed by atoms with E-state index in [0.29, 0.717) is 6.04 Å². The summed E-state index contributed by atoms with van der Waals surface area (Å²) in [5.41, 5.74) is 1.12. The van der Waals surface area contributed by atoms with Crippen LogP contribution in [0.15, 0.2) is 39.8 Å². The maximum Gasteiger partial charge on any atom is 0.124 e. The molecule has 0 aliphatic heterocycles. The Morgan fingerprint density at radius 1 is 1.43 bits per heavy atom. The average Bonchev–Trinajstić information content (AvgIpc) is 2.82. The molecule has 1 heterocycles. The van der Waals surface area contributed by atoms with Gasteiger partial charge in [0.15, 0.2) is 0 Å². The van der Waals surface area contributed by atoms with Gasteiger partial charge in [0.05, 0.1) is 22.4 Å². The summed E-state index contributed by atoms with van der Waals surface area (Å²) in [6.45, 7) is 4.21. The summed E-state index contributed by atoms with van der Waals surface area (Å²) in [5.74, 6) is 0.603. The molecule has 2 aromatic rings. The van der Waals surface area contributed by atoms with E-state index in [9.17, 15) is 4.39 Å². The zero-order valence-electron chi connectivity index (χ0n) is 12.3. The lowest BCUT2D eigenvalue weighted by atomic mass is 10.2. The van der Waals surface area contributed by atoms with Crippen LogP contribution < -0.4 is 5.32 Å². The van der Waals surface area contributed by atoms with E-state index < -0.39 is 0 Å². The summed E-state index contributed by atoms with van der Waals surface area (Å²) >= 11 is 5.20. The molecule has 1 unspecified atom stereocenters. The summed E-state index contributed by atoms with van der Waals surface area (Å²) < 4.78 is 16.2. The summed E-state index contributed by atoms with van der Waals surface area (Å²) in [7, 11) is 1.93. The quantitative estimate of drug-likeness (QED) is 0.762. The van der Waals surface area contributed by atoms with Crippen LogP contribution in [0.3, 0.4) is 0 Å². The minimum Gasteiger partial charge on any atom is -0.311 e. The van der Waals surface area contributed by atoms with Gasteiger partial charge in [-0.2, -0.15) is 5.10 Å². The average molecular weight is 372 g/mol. The fourth-order valence-corrected chi connectivity index (χ4v) is 3.73. The maximum absolute atomic E-state index is 13.2. The highest BCUT2D eigenvalue weighted by Gasteiger charge is 2.20. The van der Waals surface area contributed by atoms with Crippen molar-refractivity contribution >= 4 is 27.7 Å². The van der Waals surface area contributed by atoms with Crippen molar-refractivity contribution in [1.29, 1.82) is 0 Å². The number of halogens is 2. The Kier molecular flexibility index (Phi) is 5.84. The lowest BCUT2D eigenvalue weighted by Gasteiger charge is -2.20. The molecule has 1 N–H and O–H groups in total. The normalized spacial score (nSPS) is 12.9. The molecular weight excluding hydrogens is 353 g/mol. The highest BCUT2D eigenvalue weighted by molar-refractivity contribution is 9.10. The largest absolute Gasteiger partial charge is 0.311 e. The topological polar surface area (TPSA) is 29.9 Å². The Balaban J connectivity index is 2.15. The van der Waals surface area contributed by atoms with E-state index in [1.807, 2.05) is 24.0 Å². The first-order valence-electron chi connectivity index (χ1n) is 6.81. The standard InChI is InChI=1S/C15H19BrFN3S/c1-10(2)20-15(13(16)8-19-20)14(18-3)9-21-12-6-4-5-11(17)7-12/h4-8,10,14,18H,9H2,1-3H3. The molecule has 0 fully saturated rings. The highest BCUT2D eigenvalue weighted by atomic mass is 79.9. The van der Waals surface area contributed by atoms with Crippen LogP contribution >= 0.6 is 27.7 Å². The van der Waals surface area contributed by atoms with Crippen LogP contribution in [0.2, 0.25) is 0 Å². The Hall–Kier alpha value is -0.850. The van der Waals surface area contributed by atoms with Crippen molar-refractivity contribution in [2.45, 2.75) is 30.8 Å². The van der Waals surface area contributed by atoms with E-state index >= 15 is 0 Å². The molecule has 1 atom stereocenters. The van der Waals surface area contributed by atoms with Crippen LogP contribution in [0.5, 0.6) is 0 Å². The number of benzene rings is 1. The Morgan fingerprint density at radius 3 is 2.81 bits per heavy atom. The third-order valence-electron chi connectivity index (χ3n) is 3.17. The molecular formula is C15H19BrFN3S. The molecule has 6 heteroatoms. The number of rotatable bonds is 6. The van der Waals surface area contributed by atoms with Crippen molar-refractivity contribution in [3.63, 3.8) is 0 Å². The summed E-state index contributed by atoms with van der Waals surface area (Å²) in [5, 5.41) is 7.73. The van der Waals surface area contributed by atoms with Crippen LogP contribution in [0.1, 0.15) is 31.6 Å². The number of nitrogens with zero attached hydrogens (tertiary/aromatic N) is 2. The maximum atomic E-state index is 13.2. The second kappa shape index (κ2) is 7.42. The predicted octanol–water partition coefficient (Wildman–Crippen LogP) is 4.42. The Labute approximate surface area is 137 Å². The summed E-state index contributed by atoms with van der Waals surface area (Å²) in [6.07, 6.45) is 1.83. The number of thioether (sulfide) groups is 1. The fraction of sp³-hybridized carbons (Fsp3) is 0.400. The van der Waals surface area contributed by atoms with Crippen molar-refractivity contribution < 1.29 is 4.39 Å². The predicted molar refractivity (Wildman–Crippen MR) is 89.2 cm³/mol. The molecule has 0 saturated heterocycles. The molecule has 0 spiro atoms. The summed E-state index contributed by atoms with van der Waals surface area (Å²) in [4.78, 5) is 0.932. The van der Waals surface area contributed by atoms with Crippen LogP contribution in [0, 0.1) is 5.82 Å². The lowest BCUT2D eigenvalue weighted by molar-refractivity contribution is 0.476. The van der Waals surface area contributed by atoms with E-state index in [1.165, 1.54) is 6.07 Å². The lowest BCUT2D eigenvalue weighted by Crippen LogP contribution is -2.23. The number of nitrogens with one attached hydrogen (secondary N) is 1. The van der Waals surface area contributed by atoms with E-state index in [0.717, 1.165) is 20.8 Å². The monoisotopic (exact) mass is 371 g/mol. The third kappa shape index (κ3) is 4.08. The van der Waals surface area contributed by atoms with Crippen molar-refractivity contribution in [2.24, 2.45) is 0 Å². The Morgan fingerprint density at radius 2 is 2.19 bits per heavy atom. The van der Waals surface area contributed by atoms with Gasteiger partial charge in [0.1, 0.15) is 5.82 Å². The van der Waals surface area contributed by atoms with Gasteiger partial charge in [0, 0.05) is 16.7 Å². The summed E-state index contributed by atoms with van der Waals surface area (Å²) in [6, 6.07) is 7.12. The molecule has 0 aliphatic carbocycles. The van der Waals surface area contributed by atoms with Crippen molar-refractivity contribution in [2.75, 3.05) is 12.8 Å². The van der Waals surface area contributed by atoms with Gasteiger partial charge in [-0.15, -0.1) is 11.8 Å². The van der Waals surface area contributed by atoms with E-state index in [4.69, 9.17) is 0 Å². The molecule has 0 bridgehead atoms. The smallest absolute Gasteiger partial charge is 0.124 e. The molecule has 1 aromatic heterocycles. The van der Waals surface area contributed by atoms with Crippen LogP contribution in [-0.2, 0) is 0 Å². The SMILES string of the molecule is CNC(CSc1cccc(F)c1)c1c(Br)cnn1C(C)C. The first-order chi connectivity index (χ1) is 10.0. The molecule has 3 nitrogen and oxygen atoms in total. The minimum atomic E-state index is -0.200. The first-order valence-corrected chi connectivity index (χ1v) is 8.59. The highest BCUT2D eigenvalue weighted by Crippen LogP contribution is 2.30. The van der Waals surface area contributed by atoms with Crippen LogP contribution in [-0.4, -0.2) is 22.6 Å². The molecule has 0 radical (unpaired) electrons. The minimum absolute atomic E-state index is 0.137. The van der Waals surface area contributed by atoms with E-state index in [1.54, 1.807) is 23.9 Å². The zero-order valence-corrected chi connectivity index (χ0v) is 14.7. The van der Waals surface area contributed by atoms with Gasteiger partial charge < -0.3 is 5.32 Å². The van der Waals surface area contributed by atoms with Crippen molar-refractivity contribution in [3.05, 3.63) is 46.4 Å². The van der Waals surface area contributed by atoms with Gasteiger partial charge in [-0.25, -0.2) is 4.39 Å². The molecule has 0 aliphatic rings. The molecule has 21 heavy (non-hydrogen) atoms. The second-order valence-corrected chi connectivity index (χ2v) is 6.97. The number of aromatic nitrogens is 2. The van der Waals surface area contributed by atoms with Crippen LogP contribution in [0.4, 0.5) is 4.39 Å². The fourth-order valence-electron chi connectivity index (χ4n) is 2.12. The number of hydrogen-bond donors (Lipinski definition) is 1. The van der Waals surface area contributed by atoms with Gasteiger partial charge in [-0.1, -0.05) is 6.07 Å². The molecule has 2 rings (SSSR count). The van der Waals surface area contributed by atoms with E-state index in [-0.39, 0.29) is 11.9 Å². The Bertz CT molecular complexity index is 600. The van der Waals surface area contributed by atoms with Gasteiger partial charge in [-0.3, -0.25) is 4.68 Å². The molecule has 1 aromatic carbocycles.